The second-order valence-electron chi connectivity index (χ2n) is 8.35. The monoisotopic (exact) mass is 450 g/mol. The highest BCUT2D eigenvalue weighted by atomic mass is 16.5. The number of nitrogens with one attached hydrogen (secondary N) is 2. The Balaban J connectivity index is 1.68. The SMILES string of the molecule is CCC(NC(=O)C(CC=C(C)C)NC(=O)OCC1c2ccccc2-c2ccccc21)C(=O)O. The van der Waals surface area contributed by atoms with Gasteiger partial charge < -0.3 is 20.5 Å². The molecule has 0 bridgehead atoms. The van der Waals surface area contributed by atoms with Crippen LogP contribution in [0.25, 0.3) is 11.1 Å². The molecule has 33 heavy (non-hydrogen) atoms. The highest BCUT2D eigenvalue weighted by Crippen LogP contribution is 2.44. The van der Waals surface area contributed by atoms with E-state index >= 15 is 0 Å². The predicted molar refractivity (Wildman–Crippen MR) is 126 cm³/mol. The minimum Gasteiger partial charge on any atom is -0.480 e. The lowest BCUT2D eigenvalue weighted by Crippen LogP contribution is -2.51. The molecule has 0 spiro atoms. The number of aliphatic carboxylic acids is 1. The summed E-state index contributed by atoms with van der Waals surface area (Å²) in [5.74, 6) is -1.77. The Morgan fingerprint density at radius 2 is 1.55 bits per heavy atom. The minimum atomic E-state index is -1.12. The van der Waals surface area contributed by atoms with E-state index < -0.39 is 30.1 Å². The summed E-state index contributed by atoms with van der Waals surface area (Å²) in [6, 6.07) is 14.1. The molecular weight excluding hydrogens is 420 g/mol. The molecule has 0 saturated heterocycles. The van der Waals surface area contributed by atoms with Crippen LogP contribution in [0.3, 0.4) is 0 Å². The molecule has 3 N–H and O–H groups in total. The van der Waals surface area contributed by atoms with Gasteiger partial charge in [-0.1, -0.05) is 67.1 Å². The topological polar surface area (TPSA) is 105 Å². The van der Waals surface area contributed by atoms with Crippen molar-refractivity contribution in [3.05, 3.63) is 71.3 Å². The summed E-state index contributed by atoms with van der Waals surface area (Å²) in [5, 5.41) is 14.3. The van der Waals surface area contributed by atoms with E-state index in [1.165, 1.54) is 0 Å². The third-order valence-electron chi connectivity index (χ3n) is 5.74. The van der Waals surface area contributed by atoms with Crippen molar-refractivity contribution in [2.45, 2.75) is 51.6 Å². The number of ether oxygens (including phenoxy) is 1. The summed E-state index contributed by atoms with van der Waals surface area (Å²) in [7, 11) is 0. The fourth-order valence-corrected chi connectivity index (χ4v) is 3.98. The number of carbonyl (C=O) groups excluding carboxylic acids is 2. The van der Waals surface area contributed by atoms with Crippen LogP contribution in [-0.2, 0) is 14.3 Å². The Bertz CT molecular complexity index is 1010. The van der Waals surface area contributed by atoms with Gasteiger partial charge in [-0.3, -0.25) is 4.79 Å². The lowest BCUT2D eigenvalue weighted by Gasteiger charge is -2.21. The molecule has 2 aromatic rings. The van der Waals surface area contributed by atoms with Crippen LogP contribution >= 0.6 is 0 Å². The van der Waals surface area contributed by atoms with E-state index in [0.29, 0.717) is 0 Å². The second-order valence-corrected chi connectivity index (χ2v) is 8.35. The van der Waals surface area contributed by atoms with Crippen molar-refractivity contribution in [2.24, 2.45) is 0 Å². The third kappa shape index (κ3) is 5.80. The summed E-state index contributed by atoms with van der Waals surface area (Å²) in [5.41, 5.74) is 5.42. The van der Waals surface area contributed by atoms with Crippen LogP contribution < -0.4 is 10.6 Å². The zero-order valence-corrected chi connectivity index (χ0v) is 19.1. The molecule has 0 saturated carbocycles. The minimum absolute atomic E-state index is 0.0929. The predicted octanol–water partition coefficient (Wildman–Crippen LogP) is 4.23. The van der Waals surface area contributed by atoms with Crippen molar-refractivity contribution in [1.82, 2.24) is 10.6 Å². The van der Waals surface area contributed by atoms with Gasteiger partial charge in [-0.15, -0.1) is 0 Å². The third-order valence-corrected chi connectivity index (χ3v) is 5.74. The van der Waals surface area contributed by atoms with Crippen molar-refractivity contribution in [3.8, 4) is 11.1 Å². The van der Waals surface area contributed by atoms with Gasteiger partial charge >= 0.3 is 12.1 Å². The number of hydrogen-bond acceptors (Lipinski definition) is 4. The largest absolute Gasteiger partial charge is 0.480 e. The standard InChI is InChI=1S/C26H30N2O5/c1-4-22(25(30)31)27-24(29)23(14-13-16(2)3)28-26(32)33-15-21-19-11-7-5-9-17(19)18-10-6-8-12-20(18)21/h5-13,21-23H,4,14-15H2,1-3H3,(H,27,29)(H,28,32)(H,30,31). The molecule has 174 valence electrons. The number of rotatable bonds is 9. The maximum atomic E-state index is 12.7. The van der Waals surface area contributed by atoms with E-state index in [1.807, 2.05) is 56.3 Å². The van der Waals surface area contributed by atoms with Gasteiger partial charge in [0.15, 0.2) is 0 Å². The molecule has 0 aromatic heterocycles. The van der Waals surface area contributed by atoms with E-state index in [4.69, 9.17) is 4.74 Å². The lowest BCUT2D eigenvalue weighted by molar-refractivity contribution is -0.142. The first-order chi connectivity index (χ1) is 15.8. The van der Waals surface area contributed by atoms with E-state index in [2.05, 4.69) is 22.8 Å². The summed E-state index contributed by atoms with van der Waals surface area (Å²) in [6.07, 6.45) is 1.56. The molecule has 7 heteroatoms. The van der Waals surface area contributed by atoms with E-state index in [1.54, 1.807) is 6.92 Å². The number of amides is 2. The highest BCUT2D eigenvalue weighted by molar-refractivity contribution is 5.89. The molecule has 0 fully saturated rings. The van der Waals surface area contributed by atoms with Crippen molar-refractivity contribution in [1.29, 1.82) is 0 Å². The van der Waals surface area contributed by atoms with Crippen LogP contribution in [-0.4, -0.2) is 41.8 Å². The molecule has 0 heterocycles. The zero-order chi connectivity index (χ0) is 24.0. The fourth-order valence-electron chi connectivity index (χ4n) is 3.98. The fraction of sp³-hybridized carbons (Fsp3) is 0.346. The van der Waals surface area contributed by atoms with Gasteiger partial charge in [0, 0.05) is 5.92 Å². The van der Waals surface area contributed by atoms with E-state index in [0.717, 1.165) is 27.8 Å². The highest BCUT2D eigenvalue weighted by Gasteiger charge is 2.30. The Labute approximate surface area is 193 Å². The molecule has 0 aliphatic heterocycles. The van der Waals surface area contributed by atoms with Crippen LogP contribution in [0, 0.1) is 0 Å². The molecule has 2 unspecified atom stereocenters. The van der Waals surface area contributed by atoms with Crippen LogP contribution in [0.4, 0.5) is 4.79 Å². The van der Waals surface area contributed by atoms with Crippen molar-refractivity contribution < 1.29 is 24.2 Å². The quantitative estimate of drug-likeness (QED) is 0.496. The average Bonchev–Trinajstić information content (AvgIpc) is 3.12. The Kier molecular flexibility index (Phi) is 7.87. The zero-order valence-electron chi connectivity index (χ0n) is 19.1. The maximum absolute atomic E-state index is 12.7. The molecule has 0 radical (unpaired) electrons. The van der Waals surface area contributed by atoms with Gasteiger partial charge in [0.05, 0.1) is 0 Å². The average molecular weight is 451 g/mol. The normalized spacial score (nSPS) is 13.8. The number of fused-ring (bicyclic) bond motifs is 3. The first kappa shape index (κ1) is 24.0. The second kappa shape index (κ2) is 10.8. The Morgan fingerprint density at radius 1 is 0.970 bits per heavy atom. The summed E-state index contributed by atoms with van der Waals surface area (Å²) < 4.78 is 5.54. The Morgan fingerprint density at radius 3 is 2.06 bits per heavy atom. The van der Waals surface area contributed by atoms with Gasteiger partial charge in [-0.2, -0.15) is 0 Å². The number of carboxylic acid groups (broad SMARTS) is 1. The van der Waals surface area contributed by atoms with Crippen LogP contribution in [0.2, 0.25) is 0 Å². The van der Waals surface area contributed by atoms with Gasteiger partial charge in [-0.05, 0) is 48.9 Å². The van der Waals surface area contributed by atoms with Crippen LogP contribution in [0.5, 0.6) is 0 Å². The smallest absolute Gasteiger partial charge is 0.407 e. The molecule has 7 nitrogen and oxygen atoms in total. The number of hydrogen-bond donors (Lipinski definition) is 3. The first-order valence-electron chi connectivity index (χ1n) is 11.1. The van der Waals surface area contributed by atoms with E-state index in [9.17, 15) is 19.5 Å². The number of carboxylic acids is 1. The van der Waals surface area contributed by atoms with Crippen LogP contribution in [0.1, 0.15) is 50.7 Å². The molecule has 2 aromatic carbocycles. The molecule has 2 amide bonds. The van der Waals surface area contributed by atoms with Crippen molar-refractivity contribution in [3.63, 3.8) is 0 Å². The van der Waals surface area contributed by atoms with Gasteiger partial charge in [-0.25, -0.2) is 9.59 Å². The molecular formula is C26H30N2O5. The molecule has 1 aliphatic carbocycles. The van der Waals surface area contributed by atoms with Gasteiger partial charge in [0.25, 0.3) is 0 Å². The Hall–Kier alpha value is -3.61. The molecule has 2 atom stereocenters. The summed E-state index contributed by atoms with van der Waals surface area (Å²) >= 11 is 0. The summed E-state index contributed by atoms with van der Waals surface area (Å²) in [4.78, 5) is 36.6. The van der Waals surface area contributed by atoms with Gasteiger partial charge in [0.2, 0.25) is 5.91 Å². The lowest BCUT2D eigenvalue weighted by atomic mass is 9.98. The van der Waals surface area contributed by atoms with Crippen molar-refractivity contribution in [2.75, 3.05) is 6.61 Å². The van der Waals surface area contributed by atoms with Gasteiger partial charge in [0.1, 0.15) is 18.7 Å². The number of allylic oxidation sites excluding steroid dienone is 1. The number of benzene rings is 2. The maximum Gasteiger partial charge on any atom is 0.407 e. The van der Waals surface area contributed by atoms with E-state index in [-0.39, 0.29) is 25.4 Å². The number of alkyl carbamates (subject to hydrolysis) is 1. The summed E-state index contributed by atoms with van der Waals surface area (Å²) in [6.45, 7) is 5.56. The van der Waals surface area contributed by atoms with Crippen molar-refractivity contribution >= 4 is 18.0 Å². The first-order valence-corrected chi connectivity index (χ1v) is 11.1. The molecule has 1 aliphatic rings. The molecule has 3 rings (SSSR count). The van der Waals surface area contributed by atoms with Crippen LogP contribution in [0.15, 0.2) is 60.2 Å². The number of carbonyl (C=O) groups is 3.